The van der Waals surface area contributed by atoms with Crippen molar-refractivity contribution in [3.8, 4) is 0 Å². The summed E-state index contributed by atoms with van der Waals surface area (Å²) in [5.74, 6) is 1.20. The summed E-state index contributed by atoms with van der Waals surface area (Å²) in [5, 5.41) is 6.77. The number of hydrogen-bond acceptors (Lipinski definition) is 5. The SMILES string of the molecule is CCCNc1ncc(Cl)c(NCc2ccoc2)n1. The van der Waals surface area contributed by atoms with Crippen molar-refractivity contribution < 1.29 is 4.42 Å². The molecule has 0 aliphatic carbocycles. The van der Waals surface area contributed by atoms with Gasteiger partial charge in [-0.15, -0.1) is 0 Å². The molecule has 2 aromatic rings. The number of furan rings is 1. The van der Waals surface area contributed by atoms with Crippen LogP contribution in [0.2, 0.25) is 5.02 Å². The predicted molar refractivity (Wildman–Crippen MR) is 71.9 cm³/mol. The van der Waals surface area contributed by atoms with E-state index in [0.29, 0.717) is 23.3 Å². The number of halogens is 1. The fourth-order valence-corrected chi connectivity index (χ4v) is 1.55. The number of nitrogens with zero attached hydrogens (tertiary/aromatic N) is 2. The first-order chi connectivity index (χ1) is 8.79. The van der Waals surface area contributed by atoms with Gasteiger partial charge >= 0.3 is 0 Å². The molecule has 5 nitrogen and oxygen atoms in total. The molecule has 0 bridgehead atoms. The maximum Gasteiger partial charge on any atom is 0.224 e. The largest absolute Gasteiger partial charge is 0.472 e. The first-order valence-corrected chi connectivity index (χ1v) is 6.18. The van der Waals surface area contributed by atoms with Gasteiger partial charge in [-0.25, -0.2) is 4.98 Å². The van der Waals surface area contributed by atoms with E-state index >= 15 is 0 Å². The Morgan fingerprint density at radius 1 is 1.39 bits per heavy atom. The average Bonchev–Trinajstić information content (AvgIpc) is 2.89. The van der Waals surface area contributed by atoms with Crippen LogP contribution in [0.1, 0.15) is 18.9 Å². The molecule has 0 saturated carbocycles. The molecule has 0 aliphatic rings. The maximum absolute atomic E-state index is 6.03. The fourth-order valence-electron chi connectivity index (χ4n) is 1.39. The molecule has 0 radical (unpaired) electrons. The molecule has 0 unspecified atom stereocenters. The highest BCUT2D eigenvalue weighted by Gasteiger charge is 2.05. The van der Waals surface area contributed by atoms with Crippen LogP contribution in [0.4, 0.5) is 11.8 Å². The van der Waals surface area contributed by atoms with Gasteiger partial charge in [-0.05, 0) is 12.5 Å². The van der Waals surface area contributed by atoms with E-state index in [4.69, 9.17) is 16.0 Å². The summed E-state index contributed by atoms with van der Waals surface area (Å²) in [7, 11) is 0. The second-order valence-electron chi connectivity index (χ2n) is 3.80. The molecule has 2 N–H and O–H groups in total. The van der Waals surface area contributed by atoms with Crippen LogP contribution in [-0.4, -0.2) is 16.5 Å². The van der Waals surface area contributed by atoms with Gasteiger partial charge in [0.1, 0.15) is 5.02 Å². The van der Waals surface area contributed by atoms with Crippen LogP contribution in [0.5, 0.6) is 0 Å². The molecule has 0 fully saturated rings. The zero-order valence-corrected chi connectivity index (χ0v) is 10.9. The third-order valence-electron chi connectivity index (χ3n) is 2.32. The molecule has 6 heteroatoms. The van der Waals surface area contributed by atoms with Crippen LogP contribution in [-0.2, 0) is 6.54 Å². The fraction of sp³-hybridized carbons (Fsp3) is 0.333. The van der Waals surface area contributed by atoms with Crippen molar-refractivity contribution in [2.45, 2.75) is 19.9 Å². The van der Waals surface area contributed by atoms with Gasteiger partial charge in [0, 0.05) is 18.7 Å². The highest BCUT2D eigenvalue weighted by molar-refractivity contribution is 6.32. The Morgan fingerprint density at radius 2 is 2.28 bits per heavy atom. The molecule has 0 aromatic carbocycles. The molecule has 2 heterocycles. The van der Waals surface area contributed by atoms with Crippen LogP contribution in [0.15, 0.2) is 29.2 Å². The Labute approximate surface area is 111 Å². The van der Waals surface area contributed by atoms with Crippen molar-refractivity contribution in [1.82, 2.24) is 9.97 Å². The van der Waals surface area contributed by atoms with Crippen molar-refractivity contribution in [3.63, 3.8) is 0 Å². The third kappa shape index (κ3) is 3.37. The molecular weight excluding hydrogens is 252 g/mol. The van der Waals surface area contributed by atoms with Crippen LogP contribution < -0.4 is 10.6 Å². The minimum atomic E-state index is 0.501. The minimum absolute atomic E-state index is 0.501. The van der Waals surface area contributed by atoms with Crippen molar-refractivity contribution in [3.05, 3.63) is 35.4 Å². The summed E-state index contributed by atoms with van der Waals surface area (Å²) in [4.78, 5) is 8.42. The number of anilines is 2. The lowest BCUT2D eigenvalue weighted by molar-refractivity contribution is 0.564. The Balaban J connectivity index is 2.01. The summed E-state index contributed by atoms with van der Waals surface area (Å²) in [6.45, 7) is 3.53. The van der Waals surface area contributed by atoms with Crippen LogP contribution in [0, 0.1) is 0 Å². The number of nitrogens with one attached hydrogen (secondary N) is 2. The van der Waals surface area contributed by atoms with Gasteiger partial charge in [-0.3, -0.25) is 0 Å². The van der Waals surface area contributed by atoms with E-state index in [2.05, 4.69) is 27.5 Å². The Bertz CT molecular complexity index is 487. The van der Waals surface area contributed by atoms with Gasteiger partial charge in [0.2, 0.25) is 5.95 Å². The van der Waals surface area contributed by atoms with Crippen molar-refractivity contribution in [2.75, 3.05) is 17.2 Å². The van der Waals surface area contributed by atoms with Gasteiger partial charge in [0.15, 0.2) is 5.82 Å². The Kier molecular flexibility index (Phi) is 4.41. The normalized spacial score (nSPS) is 10.3. The Hall–Kier alpha value is -1.75. The highest BCUT2D eigenvalue weighted by atomic mass is 35.5. The van der Waals surface area contributed by atoms with Crippen molar-refractivity contribution >= 4 is 23.4 Å². The molecule has 18 heavy (non-hydrogen) atoms. The molecule has 2 aromatic heterocycles. The lowest BCUT2D eigenvalue weighted by atomic mass is 10.3. The first kappa shape index (κ1) is 12.7. The summed E-state index contributed by atoms with van der Waals surface area (Å²) < 4.78 is 4.99. The minimum Gasteiger partial charge on any atom is -0.472 e. The monoisotopic (exact) mass is 266 g/mol. The smallest absolute Gasteiger partial charge is 0.224 e. The lowest BCUT2D eigenvalue weighted by Crippen LogP contribution is -2.07. The van der Waals surface area contributed by atoms with Gasteiger partial charge in [-0.2, -0.15) is 4.98 Å². The quantitative estimate of drug-likeness (QED) is 0.841. The summed E-state index contributed by atoms with van der Waals surface area (Å²) in [6, 6.07) is 1.89. The number of hydrogen-bond donors (Lipinski definition) is 2. The predicted octanol–water partition coefficient (Wildman–Crippen LogP) is 3.16. The molecule has 0 aliphatic heterocycles. The number of aromatic nitrogens is 2. The molecule has 0 atom stereocenters. The highest BCUT2D eigenvalue weighted by Crippen LogP contribution is 2.20. The Morgan fingerprint density at radius 3 is 3.00 bits per heavy atom. The third-order valence-corrected chi connectivity index (χ3v) is 2.59. The molecule has 2 rings (SSSR count). The summed E-state index contributed by atoms with van der Waals surface area (Å²) >= 11 is 6.03. The zero-order valence-electron chi connectivity index (χ0n) is 10.1. The van der Waals surface area contributed by atoms with Crippen LogP contribution in [0.3, 0.4) is 0 Å². The van der Waals surface area contributed by atoms with Crippen LogP contribution >= 0.6 is 11.6 Å². The van der Waals surface area contributed by atoms with Gasteiger partial charge in [0.05, 0.1) is 18.7 Å². The van der Waals surface area contributed by atoms with Gasteiger partial charge in [-0.1, -0.05) is 18.5 Å². The molecular formula is C12H15ClN4O. The van der Waals surface area contributed by atoms with E-state index in [1.165, 1.54) is 0 Å². The topological polar surface area (TPSA) is 63.0 Å². The lowest BCUT2D eigenvalue weighted by Gasteiger charge is -2.08. The van der Waals surface area contributed by atoms with E-state index in [-0.39, 0.29) is 0 Å². The zero-order chi connectivity index (χ0) is 12.8. The van der Waals surface area contributed by atoms with Gasteiger partial charge < -0.3 is 15.1 Å². The standard InChI is InChI=1S/C12H15ClN4O/c1-2-4-14-12-16-7-10(13)11(17-12)15-6-9-3-5-18-8-9/h3,5,7-8H,2,4,6H2,1H3,(H2,14,15,16,17). The van der Waals surface area contributed by atoms with Gasteiger partial charge in [0.25, 0.3) is 0 Å². The summed E-state index contributed by atoms with van der Waals surface area (Å²) in [5.41, 5.74) is 1.03. The maximum atomic E-state index is 6.03. The van der Waals surface area contributed by atoms with E-state index in [1.807, 2.05) is 6.07 Å². The second-order valence-corrected chi connectivity index (χ2v) is 4.21. The second kappa shape index (κ2) is 6.26. The number of rotatable bonds is 6. The average molecular weight is 267 g/mol. The molecule has 0 saturated heterocycles. The molecule has 0 amide bonds. The van der Waals surface area contributed by atoms with E-state index in [1.54, 1.807) is 18.7 Å². The van der Waals surface area contributed by atoms with Crippen molar-refractivity contribution in [2.24, 2.45) is 0 Å². The van der Waals surface area contributed by atoms with E-state index < -0.39 is 0 Å². The summed E-state index contributed by atoms with van der Waals surface area (Å²) in [6.07, 6.45) is 5.92. The first-order valence-electron chi connectivity index (χ1n) is 5.81. The van der Waals surface area contributed by atoms with E-state index in [9.17, 15) is 0 Å². The van der Waals surface area contributed by atoms with Crippen molar-refractivity contribution in [1.29, 1.82) is 0 Å². The molecule has 96 valence electrons. The molecule has 0 spiro atoms. The van der Waals surface area contributed by atoms with Crippen LogP contribution in [0.25, 0.3) is 0 Å². The van der Waals surface area contributed by atoms with E-state index in [0.717, 1.165) is 18.5 Å².